The Morgan fingerprint density at radius 2 is 1.04 bits per heavy atom. The molecule has 1 N–H and O–H groups in total. The fraction of sp³-hybridized carbons (Fsp3) is 0.0909. The van der Waals surface area contributed by atoms with E-state index < -0.39 is 8.08 Å². The second kappa shape index (κ2) is 5.63. The fourth-order valence-corrected chi connectivity index (χ4v) is 5.10. The maximum atomic E-state index is 11.0. The highest BCUT2D eigenvalue weighted by Crippen LogP contribution is 2.38. The third-order valence-corrected chi connectivity index (χ3v) is 6.80. The van der Waals surface area contributed by atoms with Crippen LogP contribution in [-0.2, 0) is 14.1 Å². The second-order valence-electron chi connectivity index (χ2n) is 6.68. The summed E-state index contributed by atoms with van der Waals surface area (Å²) in [5, 5.41) is 7.25. The summed E-state index contributed by atoms with van der Waals surface area (Å²) in [5.41, 5.74) is 2.14. The van der Waals surface area contributed by atoms with E-state index in [1.165, 1.54) is 32.3 Å². The van der Waals surface area contributed by atoms with Gasteiger partial charge in [0.15, 0.2) is 8.08 Å². The highest BCUT2D eigenvalue weighted by atomic mass is 31.1. The molecule has 4 aromatic carbocycles. The molecule has 0 aliphatic rings. The quantitative estimate of drug-likeness (QED) is 0.370. The van der Waals surface area contributed by atoms with Gasteiger partial charge < -0.3 is 4.89 Å². The zero-order valence-corrected chi connectivity index (χ0v) is 15.6. The van der Waals surface area contributed by atoms with Gasteiger partial charge in [0.05, 0.1) is 11.0 Å². The van der Waals surface area contributed by atoms with Crippen molar-refractivity contribution in [1.29, 1.82) is 0 Å². The van der Waals surface area contributed by atoms with Crippen LogP contribution in [0.4, 0.5) is 0 Å². The first-order valence-electron chi connectivity index (χ1n) is 8.67. The number of hydrogen-bond acceptors (Lipinski definition) is 1. The largest absolute Gasteiger partial charge is 0.320 e. The van der Waals surface area contributed by atoms with Crippen molar-refractivity contribution < 1.29 is 4.89 Å². The summed E-state index contributed by atoms with van der Waals surface area (Å²) in [6.45, 7) is 0. The summed E-state index contributed by atoms with van der Waals surface area (Å²) in [7, 11) is 2.49. The number of benzene rings is 4. The van der Waals surface area contributed by atoms with Crippen molar-refractivity contribution in [2.75, 3.05) is 0 Å². The van der Waals surface area contributed by atoms with Crippen molar-refractivity contribution in [2.24, 2.45) is 14.1 Å². The first-order chi connectivity index (χ1) is 12.7. The highest BCUT2D eigenvalue weighted by Gasteiger charge is 2.12. The van der Waals surface area contributed by atoms with Crippen molar-refractivity contribution >= 4 is 51.4 Å². The molecule has 5 aromatic rings. The van der Waals surface area contributed by atoms with Gasteiger partial charge in [-0.2, -0.15) is 0 Å². The SMILES string of the molecule is Cn1c2ccc3ccccc3c2c2c3ccccc3ccc2n(C)p1O. The van der Waals surface area contributed by atoms with Crippen LogP contribution < -0.4 is 0 Å². The summed E-state index contributed by atoms with van der Waals surface area (Å²) >= 11 is 0. The van der Waals surface area contributed by atoms with Gasteiger partial charge in [0.1, 0.15) is 0 Å². The average Bonchev–Trinajstić information content (AvgIpc) is 2.77. The zero-order chi connectivity index (χ0) is 17.8. The molecule has 0 saturated carbocycles. The van der Waals surface area contributed by atoms with Gasteiger partial charge in [-0.1, -0.05) is 60.7 Å². The molecule has 0 fully saturated rings. The molecule has 5 rings (SSSR count). The normalized spacial score (nSPS) is 11.7. The molecule has 0 radical (unpaired) electrons. The predicted molar refractivity (Wildman–Crippen MR) is 112 cm³/mol. The maximum absolute atomic E-state index is 11.0. The van der Waals surface area contributed by atoms with Gasteiger partial charge >= 0.3 is 0 Å². The summed E-state index contributed by atoms with van der Waals surface area (Å²) < 4.78 is 4.01. The molecule has 0 unspecified atom stereocenters. The molecule has 128 valence electrons. The van der Waals surface area contributed by atoms with Crippen molar-refractivity contribution in [1.82, 2.24) is 8.66 Å². The van der Waals surface area contributed by atoms with Gasteiger partial charge in [-0.25, -0.2) is 0 Å². The van der Waals surface area contributed by atoms with Crippen molar-refractivity contribution in [3.05, 3.63) is 72.8 Å². The Hall–Kier alpha value is -2.74. The molecule has 1 aromatic heterocycles. The number of nitrogens with zero attached hydrogens (tertiary/aromatic N) is 2. The minimum absolute atomic E-state index is 1.07. The lowest BCUT2D eigenvalue weighted by Crippen LogP contribution is -1.93. The molecule has 0 aliphatic carbocycles. The van der Waals surface area contributed by atoms with Crippen LogP contribution in [0.15, 0.2) is 72.8 Å². The van der Waals surface area contributed by atoms with E-state index >= 15 is 0 Å². The van der Waals surface area contributed by atoms with Crippen LogP contribution in [0.5, 0.6) is 0 Å². The van der Waals surface area contributed by atoms with Crippen LogP contribution in [0.3, 0.4) is 0 Å². The Bertz CT molecular complexity index is 1260. The minimum Gasteiger partial charge on any atom is -0.320 e. The second-order valence-corrected chi connectivity index (χ2v) is 8.41. The molecular weight excluding hydrogens is 339 g/mol. The smallest absolute Gasteiger partial charge is 0.172 e. The lowest BCUT2D eigenvalue weighted by molar-refractivity contribution is 0.612. The number of rotatable bonds is 0. The van der Waals surface area contributed by atoms with Crippen LogP contribution in [0.1, 0.15) is 0 Å². The molecule has 0 atom stereocenters. The summed E-state index contributed by atoms with van der Waals surface area (Å²) in [4.78, 5) is 11.0. The van der Waals surface area contributed by atoms with Crippen molar-refractivity contribution in [3.63, 3.8) is 0 Å². The molecule has 3 nitrogen and oxygen atoms in total. The van der Waals surface area contributed by atoms with Crippen LogP contribution in [0, 0.1) is 0 Å². The Morgan fingerprint density at radius 3 is 1.50 bits per heavy atom. The minimum atomic E-state index is -1.46. The summed E-state index contributed by atoms with van der Waals surface area (Å²) in [6, 6.07) is 25.5. The van der Waals surface area contributed by atoms with E-state index in [9.17, 15) is 4.89 Å². The number of fused-ring (bicyclic) bond motifs is 7. The molecule has 0 amide bonds. The first kappa shape index (κ1) is 15.5. The van der Waals surface area contributed by atoms with Crippen molar-refractivity contribution in [2.45, 2.75) is 0 Å². The molecule has 0 spiro atoms. The zero-order valence-electron chi connectivity index (χ0n) is 14.7. The molecular formula is C22H19N2OP. The number of aromatic nitrogens is 2. The molecule has 0 aliphatic heterocycles. The van der Waals surface area contributed by atoms with E-state index in [0.29, 0.717) is 0 Å². The van der Waals surface area contributed by atoms with E-state index in [1.807, 2.05) is 22.8 Å². The molecule has 0 saturated heterocycles. The van der Waals surface area contributed by atoms with E-state index in [0.717, 1.165) is 11.0 Å². The van der Waals surface area contributed by atoms with Crippen LogP contribution >= 0.6 is 8.08 Å². The van der Waals surface area contributed by atoms with Gasteiger partial charge in [0.2, 0.25) is 0 Å². The summed E-state index contributed by atoms with van der Waals surface area (Å²) in [6.07, 6.45) is 0. The molecule has 4 heteroatoms. The molecule has 1 heterocycles. The topological polar surface area (TPSA) is 30.1 Å². The first-order valence-corrected chi connectivity index (χ1v) is 9.87. The third kappa shape index (κ3) is 2.05. The van der Waals surface area contributed by atoms with Gasteiger partial charge in [0, 0.05) is 24.9 Å². The third-order valence-electron chi connectivity index (χ3n) is 5.30. The highest BCUT2D eigenvalue weighted by molar-refractivity contribution is 7.36. The summed E-state index contributed by atoms with van der Waals surface area (Å²) in [5.74, 6) is 0. The van der Waals surface area contributed by atoms with E-state index in [1.54, 1.807) is 0 Å². The average molecular weight is 358 g/mol. The monoisotopic (exact) mass is 358 g/mol. The predicted octanol–water partition coefficient (Wildman–Crippen LogP) is 5.84. The van der Waals surface area contributed by atoms with E-state index in [-0.39, 0.29) is 0 Å². The van der Waals surface area contributed by atoms with E-state index in [4.69, 9.17) is 0 Å². The Balaban J connectivity index is 2.29. The number of hydrogen-bond donors (Lipinski definition) is 1. The lowest BCUT2D eigenvalue weighted by Gasteiger charge is -2.08. The van der Waals surface area contributed by atoms with E-state index in [2.05, 4.69) is 72.8 Å². The Labute approximate surface area is 152 Å². The lowest BCUT2D eigenvalue weighted by atomic mass is 9.98. The van der Waals surface area contributed by atoms with Gasteiger partial charge in [-0.05, 0) is 33.7 Å². The van der Waals surface area contributed by atoms with Crippen LogP contribution in [0.25, 0.3) is 43.4 Å². The molecule has 0 bridgehead atoms. The van der Waals surface area contributed by atoms with Gasteiger partial charge in [-0.3, -0.25) is 8.66 Å². The van der Waals surface area contributed by atoms with Crippen LogP contribution in [0.2, 0.25) is 0 Å². The Morgan fingerprint density at radius 1 is 0.615 bits per heavy atom. The Kier molecular flexibility index (Phi) is 3.36. The standard InChI is InChI=1S/C22H19N2OP/c1-23-19-13-11-15-7-3-5-9-17(15)21(19)22-18-10-6-4-8-16(18)12-14-20(22)24(2)26(23)25/h3-14,25H,1-2H3. The number of aryl methyl sites for hydroxylation is 2. The fourth-order valence-electron chi connectivity index (χ4n) is 3.98. The van der Waals surface area contributed by atoms with Crippen LogP contribution in [-0.4, -0.2) is 13.6 Å². The van der Waals surface area contributed by atoms with Gasteiger partial charge in [-0.15, -0.1) is 0 Å². The van der Waals surface area contributed by atoms with Gasteiger partial charge in [0.25, 0.3) is 0 Å². The molecule has 26 heavy (non-hydrogen) atoms. The van der Waals surface area contributed by atoms with Crippen molar-refractivity contribution in [3.8, 4) is 0 Å². The maximum Gasteiger partial charge on any atom is 0.172 e.